The van der Waals surface area contributed by atoms with Crippen LogP contribution >= 0.6 is 0 Å². The number of ketones is 1. The molecule has 0 aliphatic heterocycles. The predicted molar refractivity (Wildman–Crippen MR) is 63.0 cm³/mol. The van der Waals surface area contributed by atoms with Crippen molar-refractivity contribution in [2.24, 2.45) is 0 Å². The smallest absolute Gasteiger partial charge is 0.335 e. The summed E-state index contributed by atoms with van der Waals surface area (Å²) >= 11 is 0. The molecule has 0 unspecified atom stereocenters. The van der Waals surface area contributed by atoms with Crippen molar-refractivity contribution in [2.45, 2.75) is 6.92 Å². The first-order valence-electron chi connectivity index (χ1n) is 5.16. The number of aromatic nitrogens is 2. The van der Waals surface area contributed by atoms with Crippen LogP contribution in [-0.4, -0.2) is 26.8 Å². The van der Waals surface area contributed by atoms with Gasteiger partial charge in [-0.05, 0) is 19.1 Å². The van der Waals surface area contributed by atoms with Crippen LogP contribution in [0.4, 0.5) is 0 Å². The number of aromatic carboxylic acids is 1. The number of aromatic amines is 2. The van der Waals surface area contributed by atoms with E-state index >= 15 is 0 Å². The van der Waals surface area contributed by atoms with E-state index < -0.39 is 11.7 Å². The molecule has 0 bridgehead atoms. The highest BCUT2D eigenvalue weighted by atomic mass is 16.4. The zero-order valence-electron chi connectivity index (χ0n) is 9.48. The first-order valence-corrected chi connectivity index (χ1v) is 5.16. The van der Waals surface area contributed by atoms with Gasteiger partial charge >= 0.3 is 11.7 Å². The second kappa shape index (κ2) is 4.33. The second-order valence-corrected chi connectivity index (χ2v) is 3.79. The second-order valence-electron chi connectivity index (χ2n) is 3.79. The quantitative estimate of drug-likeness (QED) is 0.701. The lowest BCUT2D eigenvalue weighted by molar-refractivity contribution is 0.0696. The average Bonchev–Trinajstić information content (AvgIpc) is 2.67. The maximum Gasteiger partial charge on any atom is 0.335 e. The molecule has 0 saturated carbocycles. The Morgan fingerprint density at radius 1 is 1.06 bits per heavy atom. The molecule has 2 rings (SSSR count). The van der Waals surface area contributed by atoms with Gasteiger partial charge in [0.05, 0.1) is 5.56 Å². The largest absolute Gasteiger partial charge is 0.478 e. The van der Waals surface area contributed by atoms with E-state index in [1.165, 1.54) is 24.3 Å². The van der Waals surface area contributed by atoms with E-state index in [1.54, 1.807) is 6.92 Å². The summed E-state index contributed by atoms with van der Waals surface area (Å²) in [5, 5.41) is 8.74. The number of hydrogen-bond donors (Lipinski definition) is 3. The van der Waals surface area contributed by atoms with Crippen LogP contribution in [0.3, 0.4) is 0 Å². The molecule has 0 radical (unpaired) electrons. The molecule has 0 amide bonds. The van der Waals surface area contributed by atoms with Crippen LogP contribution in [-0.2, 0) is 0 Å². The topological polar surface area (TPSA) is 103 Å². The lowest BCUT2D eigenvalue weighted by Gasteiger charge is -2.00. The number of imidazole rings is 1. The lowest BCUT2D eigenvalue weighted by atomic mass is 10.1. The molecular formula is C12H10N2O4. The van der Waals surface area contributed by atoms with Crippen LogP contribution in [0.2, 0.25) is 0 Å². The molecule has 6 nitrogen and oxygen atoms in total. The zero-order valence-corrected chi connectivity index (χ0v) is 9.48. The number of carbonyl (C=O) groups is 2. The molecule has 0 aliphatic carbocycles. The number of carboxylic acids is 1. The fraction of sp³-hybridized carbons (Fsp3) is 0.0833. The average molecular weight is 246 g/mol. The number of nitrogens with one attached hydrogen (secondary N) is 2. The van der Waals surface area contributed by atoms with E-state index in [1.807, 2.05) is 0 Å². The summed E-state index contributed by atoms with van der Waals surface area (Å²) in [6.45, 7) is 1.61. The minimum Gasteiger partial charge on any atom is -0.478 e. The summed E-state index contributed by atoms with van der Waals surface area (Å²) < 4.78 is 0. The summed E-state index contributed by atoms with van der Waals surface area (Å²) in [6.07, 6.45) is 0. The van der Waals surface area contributed by atoms with Crippen molar-refractivity contribution in [3.63, 3.8) is 0 Å². The number of aryl methyl sites for hydroxylation is 1. The van der Waals surface area contributed by atoms with Gasteiger partial charge in [0.25, 0.3) is 0 Å². The van der Waals surface area contributed by atoms with E-state index in [0.29, 0.717) is 11.3 Å². The van der Waals surface area contributed by atoms with Crippen molar-refractivity contribution >= 4 is 11.8 Å². The third-order valence-corrected chi connectivity index (χ3v) is 2.54. The van der Waals surface area contributed by atoms with Crippen LogP contribution in [0.5, 0.6) is 0 Å². The number of carbonyl (C=O) groups excluding carboxylic acids is 1. The van der Waals surface area contributed by atoms with E-state index in [2.05, 4.69) is 9.97 Å². The van der Waals surface area contributed by atoms with E-state index in [0.717, 1.165) is 0 Å². The van der Waals surface area contributed by atoms with Crippen LogP contribution in [0.15, 0.2) is 29.1 Å². The Labute approximate surface area is 101 Å². The molecule has 2 aromatic rings. The van der Waals surface area contributed by atoms with Gasteiger partial charge in [0.15, 0.2) is 0 Å². The highest BCUT2D eigenvalue weighted by molar-refractivity contribution is 6.08. The Bertz CT molecular complexity index is 664. The van der Waals surface area contributed by atoms with Crippen molar-refractivity contribution in [1.82, 2.24) is 9.97 Å². The number of hydrogen-bond acceptors (Lipinski definition) is 3. The Kier molecular flexibility index (Phi) is 2.85. The standard InChI is InChI=1S/C12H10N2O4/c1-6-9(14-12(18)13-6)10(15)7-2-4-8(5-3-7)11(16)17/h2-5H,1H3,(H,16,17)(H2,13,14,18). The first-order chi connectivity index (χ1) is 8.49. The number of H-pyrrole nitrogens is 2. The van der Waals surface area contributed by atoms with Crippen LogP contribution in [0.25, 0.3) is 0 Å². The number of benzene rings is 1. The summed E-state index contributed by atoms with van der Waals surface area (Å²) in [6, 6.07) is 5.51. The normalized spacial score (nSPS) is 10.3. The molecule has 18 heavy (non-hydrogen) atoms. The fourth-order valence-corrected chi connectivity index (χ4v) is 1.61. The molecule has 0 fully saturated rings. The van der Waals surface area contributed by atoms with Crippen LogP contribution < -0.4 is 5.69 Å². The van der Waals surface area contributed by atoms with E-state index in [4.69, 9.17) is 5.11 Å². The van der Waals surface area contributed by atoms with Gasteiger partial charge in [0.2, 0.25) is 5.78 Å². The monoisotopic (exact) mass is 246 g/mol. The molecule has 1 aromatic heterocycles. The lowest BCUT2D eigenvalue weighted by Crippen LogP contribution is -2.07. The van der Waals surface area contributed by atoms with Crippen molar-refractivity contribution in [3.8, 4) is 0 Å². The van der Waals surface area contributed by atoms with Gasteiger partial charge in [-0.2, -0.15) is 0 Å². The minimum atomic E-state index is -1.06. The SMILES string of the molecule is Cc1[nH]c(=O)[nH]c1C(=O)c1ccc(C(=O)O)cc1. The molecule has 0 spiro atoms. The van der Waals surface area contributed by atoms with Gasteiger partial charge in [-0.25, -0.2) is 9.59 Å². The molecule has 0 aliphatic rings. The summed E-state index contributed by atoms with van der Waals surface area (Å²) in [4.78, 5) is 38.6. The maximum atomic E-state index is 12.0. The minimum absolute atomic E-state index is 0.103. The fourth-order valence-electron chi connectivity index (χ4n) is 1.61. The van der Waals surface area contributed by atoms with Crippen LogP contribution in [0, 0.1) is 6.92 Å². The maximum absolute atomic E-state index is 12.0. The molecule has 3 N–H and O–H groups in total. The van der Waals surface area contributed by atoms with Gasteiger partial charge < -0.3 is 15.1 Å². The summed E-state index contributed by atoms with van der Waals surface area (Å²) in [7, 11) is 0. The van der Waals surface area contributed by atoms with Gasteiger partial charge in [0.1, 0.15) is 5.69 Å². The van der Waals surface area contributed by atoms with Crippen LogP contribution in [0.1, 0.15) is 32.1 Å². The highest BCUT2D eigenvalue weighted by Gasteiger charge is 2.15. The van der Waals surface area contributed by atoms with Gasteiger partial charge in [0, 0.05) is 11.3 Å². The van der Waals surface area contributed by atoms with Gasteiger partial charge in [-0.1, -0.05) is 12.1 Å². The number of carboxylic acid groups (broad SMARTS) is 1. The van der Waals surface area contributed by atoms with Crippen molar-refractivity contribution in [2.75, 3.05) is 0 Å². The Morgan fingerprint density at radius 2 is 1.61 bits per heavy atom. The highest BCUT2D eigenvalue weighted by Crippen LogP contribution is 2.10. The van der Waals surface area contributed by atoms with Crippen molar-refractivity contribution < 1.29 is 14.7 Å². The predicted octanol–water partition coefficient (Wildman–Crippen LogP) is 0.941. The third kappa shape index (κ3) is 2.08. The van der Waals surface area contributed by atoms with E-state index in [-0.39, 0.29) is 17.0 Å². The van der Waals surface area contributed by atoms with Crippen molar-refractivity contribution in [3.05, 3.63) is 57.3 Å². The Balaban J connectivity index is 2.37. The number of rotatable bonds is 3. The molecule has 0 saturated heterocycles. The van der Waals surface area contributed by atoms with Gasteiger partial charge in [-0.15, -0.1) is 0 Å². The van der Waals surface area contributed by atoms with Crippen molar-refractivity contribution in [1.29, 1.82) is 0 Å². The molecule has 0 atom stereocenters. The zero-order chi connectivity index (χ0) is 13.3. The van der Waals surface area contributed by atoms with Gasteiger partial charge in [-0.3, -0.25) is 4.79 Å². The molecular weight excluding hydrogens is 236 g/mol. The Morgan fingerprint density at radius 3 is 2.06 bits per heavy atom. The first kappa shape index (κ1) is 11.8. The third-order valence-electron chi connectivity index (χ3n) is 2.54. The molecule has 92 valence electrons. The van der Waals surface area contributed by atoms with E-state index in [9.17, 15) is 14.4 Å². The summed E-state index contributed by atoms with van der Waals surface area (Å²) in [5.41, 5.74) is 0.609. The Hall–Kier alpha value is -2.63. The summed E-state index contributed by atoms with van der Waals surface area (Å²) in [5.74, 6) is -1.41. The molecule has 6 heteroatoms. The molecule has 1 heterocycles. The molecule has 1 aromatic carbocycles.